The van der Waals surface area contributed by atoms with Crippen LogP contribution in [0, 0.1) is 11.3 Å². The maximum Gasteiger partial charge on any atom is 0.0828 e. The smallest absolute Gasteiger partial charge is 0.0828 e. The Kier molecular flexibility index (Phi) is 2.02. The van der Waals surface area contributed by atoms with E-state index in [0.29, 0.717) is 19.1 Å². The second kappa shape index (κ2) is 2.51. The van der Waals surface area contributed by atoms with Crippen LogP contribution in [0.4, 0.5) is 0 Å². The molecular formula is C8H16O2. The van der Waals surface area contributed by atoms with Gasteiger partial charge in [0.25, 0.3) is 0 Å². The Labute approximate surface area is 62.2 Å². The monoisotopic (exact) mass is 144 g/mol. The summed E-state index contributed by atoms with van der Waals surface area (Å²) in [5.41, 5.74) is 0.177. The van der Waals surface area contributed by atoms with Crippen molar-refractivity contribution in [3.8, 4) is 0 Å². The third-order valence-corrected chi connectivity index (χ3v) is 2.16. The predicted molar refractivity (Wildman–Crippen MR) is 39.8 cm³/mol. The minimum absolute atomic E-state index is 0.177. The van der Waals surface area contributed by atoms with Crippen LogP contribution >= 0.6 is 0 Å². The van der Waals surface area contributed by atoms with E-state index in [-0.39, 0.29) is 11.5 Å². The summed E-state index contributed by atoms with van der Waals surface area (Å²) in [6.45, 7) is 7.63. The van der Waals surface area contributed by atoms with Crippen LogP contribution in [0.3, 0.4) is 0 Å². The van der Waals surface area contributed by atoms with E-state index in [4.69, 9.17) is 4.74 Å². The zero-order chi connectivity index (χ0) is 7.78. The second-order valence-corrected chi connectivity index (χ2v) is 4.08. The van der Waals surface area contributed by atoms with Gasteiger partial charge in [-0.1, -0.05) is 20.8 Å². The first-order valence-electron chi connectivity index (χ1n) is 3.77. The summed E-state index contributed by atoms with van der Waals surface area (Å²) in [6, 6.07) is 0. The van der Waals surface area contributed by atoms with E-state index in [1.54, 1.807) is 0 Å². The molecule has 0 aromatic heterocycles. The van der Waals surface area contributed by atoms with Crippen molar-refractivity contribution in [2.45, 2.75) is 26.9 Å². The molecule has 1 N–H and O–H groups in total. The third kappa shape index (κ3) is 1.50. The summed E-state index contributed by atoms with van der Waals surface area (Å²) < 4.78 is 5.15. The van der Waals surface area contributed by atoms with E-state index < -0.39 is 0 Å². The number of aliphatic hydroxyl groups excluding tert-OH is 1. The van der Waals surface area contributed by atoms with E-state index in [2.05, 4.69) is 20.8 Å². The lowest BCUT2D eigenvalue weighted by Gasteiger charge is -2.27. The van der Waals surface area contributed by atoms with Gasteiger partial charge in [0.15, 0.2) is 0 Å². The Hall–Kier alpha value is -0.0800. The lowest BCUT2D eigenvalue weighted by molar-refractivity contribution is 0.0816. The summed E-state index contributed by atoms with van der Waals surface area (Å²) in [4.78, 5) is 0. The standard InChI is InChI=1S/C8H16O2/c1-8(2,3)6-4-10-5-7(6)9/h6-7,9H,4-5H2,1-3H3. The summed E-state index contributed by atoms with van der Waals surface area (Å²) in [5, 5.41) is 9.40. The van der Waals surface area contributed by atoms with Crippen molar-refractivity contribution >= 4 is 0 Å². The number of hydrogen-bond acceptors (Lipinski definition) is 2. The molecule has 2 heteroatoms. The molecule has 2 nitrogen and oxygen atoms in total. The van der Waals surface area contributed by atoms with Gasteiger partial charge in [-0.25, -0.2) is 0 Å². The fourth-order valence-corrected chi connectivity index (χ4v) is 1.37. The minimum atomic E-state index is -0.250. The molecule has 60 valence electrons. The molecule has 2 unspecified atom stereocenters. The van der Waals surface area contributed by atoms with Crippen molar-refractivity contribution in [1.29, 1.82) is 0 Å². The number of ether oxygens (including phenoxy) is 1. The Morgan fingerprint density at radius 3 is 2.10 bits per heavy atom. The topological polar surface area (TPSA) is 29.5 Å². The molecule has 1 rings (SSSR count). The van der Waals surface area contributed by atoms with E-state index in [0.717, 1.165) is 0 Å². The molecule has 1 fully saturated rings. The number of aliphatic hydroxyl groups is 1. The van der Waals surface area contributed by atoms with Gasteiger partial charge in [-0.15, -0.1) is 0 Å². The molecule has 0 radical (unpaired) electrons. The van der Waals surface area contributed by atoms with Crippen LogP contribution in [0.15, 0.2) is 0 Å². The van der Waals surface area contributed by atoms with Gasteiger partial charge in [-0.2, -0.15) is 0 Å². The predicted octanol–water partition coefficient (Wildman–Crippen LogP) is 1.04. The average molecular weight is 144 g/mol. The first-order chi connectivity index (χ1) is 4.52. The van der Waals surface area contributed by atoms with Gasteiger partial charge in [0, 0.05) is 5.92 Å². The summed E-state index contributed by atoms with van der Waals surface area (Å²) >= 11 is 0. The zero-order valence-corrected chi connectivity index (χ0v) is 6.92. The molecule has 1 heterocycles. The SMILES string of the molecule is CC(C)(C)C1COCC1O. The quantitative estimate of drug-likeness (QED) is 0.550. The Balaban J connectivity index is 2.55. The third-order valence-electron chi connectivity index (χ3n) is 2.16. The lowest BCUT2D eigenvalue weighted by Crippen LogP contribution is -2.30. The molecule has 1 aliphatic rings. The van der Waals surface area contributed by atoms with Gasteiger partial charge in [0.1, 0.15) is 0 Å². The van der Waals surface area contributed by atoms with Crippen molar-refractivity contribution < 1.29 is 9.84 Å². The Morgan fingerprint density at radius 2 is 1.90 bits per heavy atom. The van der Waals surface area contributed by atoms with Gasteiger partial charge < -0.3 is 9.84 Å². The highest BCUT2D eigenvalue weighted by Crippen LogP contribution is 2.32. The van der Waals surface area contributed by atoms with Crippen LogP contribution in [0.5, 0.6) is 0 Å². The van der Waals surface area contributed by atoms with Gasteiger partial charge in [0.05, 0.1) is 19.3 Å². The average Bonchev–Trinajstić information content (AvgIpc) is 2.11. The Bertz CT molecular complexity index is 115. The van der Waals surface area contributed by atoms with Crippen LogP contribution in [-0.4, -0.2) is 24.4 Å². The molecule has 0 saturated carbocycles. The van der Waals surface area contributed by atoms with Crippen LogP contribution < -0.4 is 0 Å². The summed E-state index contributed by atoms with van der Waals surface area (Å²) in [7, 11) is 0. The van der Waals surface area contributed by atoms with Crippen LogP contribution in [0.25, 0.3) is 0 Å². The molecule has 0 bridgehead atoms. The molecule has 10 heavy (non-hydrogen) atoms. The molecule has 0 aromatic rings. The highest BCUT2D eigenvalue weighted by molar-refractivity contribution is 4.83. The van der Waals surface area contributed by atoms with Crippen LogP contribution in [0.1, 0.15) is 20.8 Å². The molecule has 0 aromatic carbocycles. The molecular weight excluding hydrogens is 128 g/mol. The Morgan fingerprint density at radius 1 is 1.30 bits per heavy atom. The molecule has 0 aliphatic carbocycles. The zero-order valence-electron chi connectivity index (χ0n) is 6.92. The molecule has 1 aliphatic heterocycles. The maximum atomic E-state index is 9.40. The van der Waals surface area contributed by atoms with E-state index in [1.807, 2.05) is 0 Å². The molecule has 0 amide bonds. The van der Waals surface area contributed by atoms with E-state index in [1.165, 1.54) is 0 Å². The van der Waals surface area contributed by atoms with E-state index in [9.17, 15) is 5.11 Å². The van der Waals surface area contributed by atoms with Crippen LogP contribution in [-0.2, 0) is 4.74 Å². The van der Waals surface area contributed by atoms with Gasteiger partial charge >= 0.3 is 0 Å². The molecule has 0 spiro atoms. The molecule has 2 atom stereocenters. The van der Waals surface area contributed by atoms with Gasteiger partial charge in [-0.3, -0.25) is 0 Å². The van der Waals surface area contributed by atoms with Gasteiger partial charge in [-0.05, 0) is 5.41 Å². The summed E-state index contributed by atoms with van der Waals surface area (Å²) in [6.07, 6.45) is -0.250. The second-order valence-electron chi connectivity index (χ2n) is 4.08. The number of hydrogen-bond donors (Lipinski definition) is 1. The first kappa shape index (κ1) is 8.02. The highest BCUT2D eigenvalue weighted by atomic mass is 16.5. The molecule has 1 saturated heterocycles. The normalized spacial score (nSPS) is 34.8. The van der Waals surface area contributed by atoms with Crippen molar-refractivity contribution in [2.75, 3.05) is 13.2 Å². The van der Waals surface area contributed by atoms with Crippen molar-refractivity contribution in [1.82, 2.24) is 0 Å². The minimum Gasteiger partial charge on any atom is -0.390 e. The highest BCUT2D eigenvalue weighted by Gasteiger charge is 2.35. The van der Waals surface area contributed by atoms with Crippen molar-refractivity contribution in [3.05, 3.63) is 0 Å². The number of rotatable bonds is 0. The first-order valence-corrected chi connectivity index (χ1v) is 3.77. The fourth-order valence-electron chi connectivity index (χ4n) is 1.37. The van der Waals surface area contributed by atoms with E-state index >= 15 is 0 Å². The van der Waals surface area contributed by atoms with Crippen LogP contribution in [0.2, 0.25) is 0 Å². The largest absolute Gasteiger partial charge is 0.390 e. The maximum absolute atomic E-state index is 9.40. The van der Waals surface area contributed by atoms with Crippen molar-refractivity contribution in [2.24, 2.45) is 11.3 Å². The fraction of sp³-hybridized carbons (Fsp3) is 1.00. The van der Waals surface area contributed by atoms with Gasteiger partial charge in [0.2, 0.25) is 0 Å². The summed E-state index contributed by atoms with van der Waals surface area (Å²) in [5.74, 6) is 0.312. The van der Waals surface area contributed by atoms with Crippen molar-refractivity contribution in [3.63, 3.8) is 0 Å². The lowest BCUT2D eigenvalue weighted by atomic mass is 9.79.